The molecule has 0 bridgehead atoms. The maximum absolute atomic E-state index is 13.7. The zero-order valence-corrected chi connectivity index (χ0v) is 14.2. The van der Waals surface area contributed by atoms with Gasteiger partial charge in [-0.15, -0.1) is 0 Å². The second kappa shape index (κ2) is 7.68. The first-order valence-corrected chi connectivity index (χ1v) is 7.93. The number of rotatable bonds is 5. The van der Waals surface area contributed by atoms with Crippen molar-refractivity contribution >= 4 is 5.91 Å². The van der Waals surface area contributed by atoms with Gasteiger partial charge in [0.05, 0.1) is 11.6 Å². The maximum atomic E-state index is 13.7. The minimum atomic E-state index is -2.00. The molecule has 0 spiro atoms. The molecule has 0 heterocycles. The molecule has 1 N–H and O–H groups in total. The molecule has 0 radical (unpaired) electrons. The molecule has 0 saturated carbocycles. The molecule has 25 heavy (non-hydrogen) atoms. The lowest BCUT2D eigenvalue weighted by Gasteiger charge is -2.16. The normalized spacial score (nSPS) is 12.3. The third-order valence-corrected chi connectivity index (χ3v) is 3.82. The van der Waals surface area contributed by atoms with Crippen LogP contribution in [-0.2, 0) is 6.42 Å². The molecule has 2 nitrogen and oxygen atoms in total. The third kappa shape index (κ3) is 4.38. The first-order valence-electron chi connectivity index (χ1n) is 7.93. The van der Waals surface area contributed by atoms with E-state index in [0.717, 1.165) is 17.5 Å². The predicted molar refractivity (Wildman–Crippen MR) is 87.1 cm³/mol. The van der Waals surface area contributed by atoms with Gasteiger partial charge in [-0.2, -0.15) is 0 Å². The molecule has 0 aliphatic heterocycles. The van der Waals surface area contributed by atoms with Crippen molar-refractivity contribution in [2.75, 3.05) is 0 Å². The quantitative estimate of drug-likeness (QED) is 0.461. The van der Waals surface area contributed by atoms with E-state index in [1.165, 1.54) is 0 Å². The van der Waals surface area contributed by atoms with Gasteiger partial charge in [-0.1, -0.05) is 38.1 Å². The summed E-state index contributed by atoms with van der Waals surface area (Å²) >= 11 is 0. The van der Waals surface area contributed by atoms with Crippen molar-refractivity contribution < 1.29 is 22.4 Å². The summed E-state index contributed by atoms with van der Waals surface area (Å²) in [5.74, 6) is -7.78. The summed E-state index contributed by atoms with van der Waals surface area (Å²) in [7, 11) is 0. The van der Waals surface area contributed by atoms with E-state index in [9.17, 15) is 22.4 Å². The van der Waals surface area contributed by atoms with Crippen LogP contribution in [-0.4, -0.2) is 5.91 Å². The van der Waals surface area contributed by atoms with Crippen LogP contribution in [0.5, 0.6) is 0 Å². The van der Waals surface area contributed by atoms with Crippen LogP contribution in [0.1, 0.15) is 48.3 Å². The second-order valence-electron chi connectivity index (χ2n) is 6.38. The summed E-state index contributed by atoms with van der Waals surface area (Å²) in [4.78, 5) is 12.1. The van der Waals surface area contributed by atoms with E-state index in [1.807, 2.05) is 24.3 Å². The molecule has 2 aromatic carbocycles. The molecule has 0 saturated heterocycles. The molecule has 6 heteroatoms. The summed E-state index contributed by atoms with van der Waals surface area (Å²) in [6.45, 7) is 5.86. The zero-order valence-electron chi connectivity index (χ0n) is 14.2. The van der Waals surface area contributed by atoms with Crippen molar-refractivity contribution in [2.24, 2.45) is 5.92 Å². The van der Waals surface area contributed by atoms with Gasteiger partial charge in [-0.05, 0) is 36.5 Å². The average molecular weight is 353 g/mol. The highest BCUT2D eigenvalue weighted by atomic mass is 19.2. The fraction of sp³-hybridized carbons (Fsp3) is 0.316. The fourth-order valence-corrected chi connectivity index (χ4v) is 2.51. The number of benzene rings is 2. The minimum absolute atomic E-state index is 0.349. The van der Waals surface area contributed by atoms with Gasteiger partial charge in [0.1, 0.15) is 0 Å². The van der Waals surface area contributed by atoms with E-state index in [-0.39, 0.29) is 0 Å². The van der Waals surface area contributed by atoms with Crippen LogP contribution in [0, 0.1) is 29.2 Å². The highest BCUT2D eigenvalue weighted by Crippen LogP contribution is 2.20. The zero-order chi connectivity index (χ0) is 18.7. The number of nitrogens with one attached hydrogen (secondary N) is 1. The number of hydrogen-bond acceptors (Lipinski definition) is 1. The Bertz CT molecular complexity index is 772. The van der Waals surface area contributed by atoms with Crippen LogP contribution in [0.3, 0.4) is 0 Å². The lowest BCUT2D eigenvalue weighted by Crippen LogP contribution is -2.28. The highest BCUT2D eigenvalue weighted by Gasteiger charge is 2.24. The van der Waals surface area contributed by atoms with E-state index < -0.39 is 40.8 Å². The molecule has 134 valence electrons. The molecule has 2 rings (SSSR count). The van der Waals surface area contributed by atoms with Crippen molar-refractivity contribution in [3.63, 3.8) is 0 Å². The lowest BCUT2D eigenvalue weighted by molar-refractivity contribution is 0.0933. The first kappa shape index (κ1) is 19.0. The van der Waals surface area contributed by atoms with E-state index in [1.54, 1.807) is 6.92 Å². The standard InChI is InChI=1S/C19H19F4NO/c1-10(2)8-12-4-6-13(7-5-12)11(3)24-19(25)14-9-15(20)17(22)18(23)16(14)21/h4-7,9-11H,8H2,1-3H3,(H,24,25)/t11-/m1/s1. The molecular weight excluding hydrogens is 334 g/mol. The van der Waals surface area contributed by atoms with Crippen molar-refractivity contribution in [2.45, 2.75) is 33.2 Å². The summed E-state index contributed by atoms with van der Waals surface area (Å²) < 4.78 is 53.1. The Morgan fingerprint density at radius 2 is 1.56 bits per heavy atom. The number of hydrogen-bond donors (Lipinski definition) is 1. The van der Waals surface area contributed by atoms with Gasteiger partial charge in [0.15, 0.2) is 23.3 Å². The molecule has 0 fully saturated rings. The average Bonchev–Trinajstić information content (AvgIpc) is 2.56. The monoisotopic (exact) mass is 353 g/mol. The Hall–Kier alpha value is -2.37. The SMILES string of the molecule is CC(C)Cc1ccc([C@@H](C)NC(=O)c2cc(F)c(F)c(F)c2F)cc1. The molecule has 1 atom stereocenters. The van der Waals surface area contributed by atoms with Crippen molar-refractivity contribution in [3.05, 3.63) is 70.3 Å². The maximum Gasteiger partial charge on any atom is 0.254 e. The number of amides is 1. The van der Waals surface area contributed by atoms with Gasteiger partial charge in [-0.3, -0.25) is 4.79 Å². The Morgan fingerprint density at radius 1 is 0.960 bits per heavy atom. The second-order valence-corrected chi connectivity index (χ2v) is 6.38. The Balaban J connectivity index is 2.15. The van der Waals surface area contributed by atoms with Gasteiger partial charge in [0.2, 0.25) is 0 Å². The summed E-state index contributed by atoms with van der Waals surface area (Å²) in [5.41, 5.74) is 1.02. The highest BCUT2D eigenvalue weighted by molar-refractivity contribution is 5.94. The van der Waals surface area contributed by atoms with Crippen LogP contribution in [0.2, 0.25) is 0 Å². The van der Waals surface area contributed by atoms with E-state index in [2.05, 4.69) is 19.2 Å². The van der Waals surface area contributed by atoms with Crippen LogP contribution in [0.4, 0.5) is 17.6 Å². The van der Waals surface area contributed by atoms with Crippen LogP contribution in [0.15, 0.2) is 30.3 Å². The molecule has 0 aromatic heterocycles. The van der Waals surface area contributed by atoms with E-state index >= 15 is 0 Å². The summed E-state index contributed by atoms with van der Waals surface area (Å²) in [6.07, 6.45) is 0.917. The molecule has 1 amide bonds. The van der Waals surface area contributed by atoms with E-state index in [0.29, 0.717) is 12.0 Å². The van der Waals surface area contributed by atoms with Gasteiger partial charge < -0.3 is 5.32 Å². The smallest absolute Gasteiger partial charge is 0.254 e. The molecular formula is C19H19F4NO. The van der Waals surface area contributed by atoms with Gasteiger partial charge in [-0.25, -0.2) is 17.6 Å². The largest absolute Gasteiger partial charge is 0.345 e. The summed E-state index contributed by atoms with van der Waals surface area (Å²) in [5, 5.41) is 2.45. The van der Waals surface area contributed by atoms with E-state index in [4.69, 9.17) is 0 Å². The van der Waals surface area contributed by atoms with Crippen molar-refractivity contribution in [3.8, 4) is 0 Å². The van der Waals surface area contributed by atoms with Crippen LogP contribution < -0.4 is 5.32 Å². The van der Waals surface area contributed by atoms with Crippen molar-refractivity contribution in [1.82, 2.24) is 5.32 Å². The topological polar surface area (TPSA) is 29.1 Å². The fourth-order valence-electron chi connectivity index (χ4n) is 2.51. The van der Waals surface area contributed by atoms with Gasteiger partial charge in [0, 0.05) is 0 Å². The van der Waals surface area contributed by atoms with Gasteiger partial charge in [0.25, 0.3) is 5.91 Å². The summed E-state index contributed by atoms with van der Waals surface area (Å²) in [6, 6.07) is 7.33. The molecule has 0 aliphatic rings. The Kier molecular flexibility index (Phi) is 5.82. The number of carbonyl (C=O) groups is 1. The first-order chi connectivity index (χ1) is 11.7. The predicted octanol–water partition coefficient (Wildman–Crippen LogP) is 4.93. The number of carbonyl (C=O) groups excluding carboxylic acids is 1. The molecule has 0 aliphatic carbocycles. The Morgan fingerprint density at radius 3 is 2.12 bits per heavy atom. The lowest BCUT2D eigenvalue weighted by atomic mass is 10.00. The Labute approximate surface area is 143 Å². The minimum Gasteiger partial charge on any atom is -0.345 e. The van der Waals surface area contributed by atoms with Gasteiger partial charge >= 0.3 is 0 Å². The van der Waals surface area contributed by atoms with Crippen LogP contribution >= 0.6 is 0 Å². The molecule has 2 aromatic rings. The van der Waals surface area contributed by atoms with Crippen LogP contribution in [0.25, 0.3) is 0 Å². The molecule has 0 unspecified atom stereocenters. The number of halogens is 4. The third-order valence-electron chi connectivity index (χ3n) is 3.82. The van der Waals surface area contributed by atoms with Crippen molar-refractivity contribution in [1.29, 1.82) is 0 Å².